The molecule has 2 aromatic heterocycles. The third-order valence-electron chi connectivity index (χ3n) is 4.04. The zero-order chi connectivity index (χ0) is 18.5. The lowest BCUT2D eigenvalue weighted by atomic mass is 10.1. The van der Waals surface area contributed by atoms with Crippen molar-refractivity contribution in [1.82, 2.24) is 0 Å². The molecule has 26 heavy (non-hydrogen) atoms. The predicted molar refractivity (Wildman–Crippen MR) is 115 cm³/mol. The minimum absolute atomic E-state index is 1.07. The van der Waals surface area contributed by atoms with E-state index in [0.717, 1.165) is 20.1 Å². The second kappa shape index (κ2) is 8.56. The average molecular weight is 472 g/mol. The van der Waals surface area contributed by atoms with Crippen LogP contribution in [0.3, 0.4) is 0 Å². The molecule has 0 saturated carbocycles. The van der Waals surface area contributed by atoms with Gasteiger partial charge in [0.05, 0.1) is 0 Å². The number of aryl methyl sites for hydroxylation is 2. The van der Waals surface area contributed by atoms with E-state index in [1.807, 2.05) is 48.0 Å². The van der Waals surface area contributed by atoms with Crippen molar-refractivity contribution in [1.29, 1.82) is 0 Å². The summed E-state index contributed by atoms with van der Waals surface area (Å²) in [7, 11) is 4.03. The van der Waals surface area contributed by atoms with Gasteiger partial charge >= 0.3 is 0 Å². The molecule has 0 amide bonds. The van der Waals surface area contributed by atoms with E-state index in [0.29, 0.717) is 0 Å². The Kier molecular flexibility index (Phi) is 6.17. The molecular weight excluding hydrogens is 452 g/mol. The molecule has 0 radical (unpaired) electrons. The summed E-state index contributed by atoms with van der Waals surface area (Å²) >= 11 is 7.38. The van der Waals surface area contributed by atoms with Crippen molar-refractivity contribution >= 4 is 56.2 Å². The highest BCUT2D eigenvalue weighted by Crippen LogP contribution is 2.29. The maximum atomic E-state index is 3.69. The number of benzene rings is 1. The van der Waals surface area contributed by atoms with E-state index in [1.54, 1.807) is 0 Å². The fourth-order valence-corrected chi connectivity index (χ4v) is 3.44. The number of pyridine rings is 2. The van der Waals surface area contributed by atoms with Crippen LogP contribution in [0.1, 0.15) is 22.3 Å². The first-order chi connectivity index (χ1) is 12.5. The summed E-state index contributed by atoms with van der Waals surface area (Å²) in [6.07, 6.45) is 16.6. The molecule has 3 aromatic rings. The fraction of sp³-hybridized carbons (Fsp3) is 0.0909. The first-order valence-corrected chi connectivity index (χ1v) is 9.86. The van der Waals surface area contributed by atoms with Crippen molar-refractivity contribution in [2.24, 2.45) is 14.1 Å². The van der Waals surface area contributed by atoms with Crippen LogP contribution in [-0.2, 0) is 14.1 Å². The standard InChI is InChI=1S/C22H20Br2N2/c1-25-11-7-17(8-12-25)3-5-19-15-22(24)20(16-21(19)23)6-4-18-9-13-26(2)14-10-18/h3-16H,1-2H3/q+2/b5-3+,6-4+. The third-order valence-corrected chi connectivity index (χ3v) is 5.41. The summed E-state index contributed by atoms with van der Waals surface area (Å²) in [5, 5.41) is 0. The van der Waals surface area contributed by atoms with Gasteiger partial charge in [-0.25, -0.2) is 9.13 Å². The van der Waals surface area contributed by atoms with Gasteiger partial charge in [0.1, 0.15) is 14.1 Å². The molecule has 0 unspecified atom stereocenters. The Bertz CT molecular complexity index is 875. The highest BCUT2D eigenvalue weighted by atomic mass is 79.9. The predicted octanol–water partition coefficient (Wildman–Crippen LogP) is 5.20. The highest BCUT2D eigenvalue weighted by Gasteiger charge is 2.03. The van der Waals surface area contributed by atoms with Crippen LogP contribution in [0.2, 0.25) is 0 Å². The molecule has 0 aliphatic heterocycles. The first kappa shape index (κ1) is 18.7. The molecule has 0 fully saturated rings. The quantitative estimate of drug-likeness (QED) is 0.462. The van der Waals surface area contributed by atoms with E-state index < -0.39 is 0 Å². The molecular formula is C22H20Br2N2+2. The molecule has 3 rings (SSSR count). The molecule has 130 valence electrons. The summed E-state index contributed by atoms with van der Waals surface area (Å²) in [5.74, 6) is 0. The molecule has 0 saturated heterocycles. The van der Waals surface area contributed by atoms with Gasteiger partial charge in [-0.3, -0.25) is 0 Å². The van der Waals surface area contributed by atoms with Gasteiger partial charge < -0.3 is 0 Å². The Morgan fingerprint density at radius 2 is 0.962 bits per heavy atom. The average Bonchev–Trinajstić information content (AvgIpc) is 2.63. The maximum absolute atomic E-state index is 3.69. The number of halogens is 2. The fourth-order valence-electron chi connectivity index (χ4n) is 2.45. The molecule has 0 aliphatic carbocycles. The van der Waals surface area contributed by atoms with Crippen LogP contribution in [0.5, 0.6) is 0 Å². The molecule has 2 heterocycles. The smallest absolute Gasteiger partial charge is 0.169 e. The third kappa shape index (κ3) is 4.99. The van der Waals surface area contributed by atoms with E-state index >= 15 is 0 Å². The van der Waals surface area contributed by atoms with Gasteiger partial charge in [-0.1, -0.05) is 56.2 Å². The Morgan fingerprint density at radius 1 is 0.615 bits per heavy atom. The second-order valence-electron chi connectivity index (χ2n) is 6.16. The Balaban J connectivity index is 1.81. The highest BCUT2D eigenvalue weighted by molar-refractivity contribution is 9.11. The van der Waals surface area contributed by atoms with Gasteiger partial charge in [0, 0.05) is 33.2 Å². The molecule has 4 heteroatoms. The van der Waals surface area contributed by atoms with Crippen molar-refractivity contribution in [3.63, 3.8) is 0 Å². The van der Waals surface area contributed by atoms with Gasteiger partial charge in [-0.05, 0) is 34.4 Å². The Morgan fingerprint density at radius 3 is 1.31 bits per heavy atom. The Hall–Kier alpha value is -2.04. The van der Waals surface area contributed by atoms with E-state index in [-0.39, 0.29) is 0 Å². The van der Waals surface area contributed by atoms with Crippen LogP contribution in [0.25, 0.3) is 24.3 Å². The summed E-state index contributed by atoms with van der Waals surface area (Å²) < 4.78 is 6.19. The summed E-state index contributed by atoms with van der Waals surface area (Å²) in [5.41, 5.74) is 4.61. The lowest BCUT2D eigenvalue weighted by Crippen LogP contribution is -2.25. The summed E-state index contributed by atoms with van der Waals surface area (Å²) in [4.78, 5) is 0. The van der Waals surface area contributed by atoms with Crippen molar-refractivity contribution in [3.8, 4) is 0 Å². The zero-order valence-corrected chi connectivity index (χ0v) is 17.9. The van der Waals surface area contributed by atoms with Crippen LogP contribution >= 0.6 is 31.9 Å². The minimum atomic E-state index is 1.07. The number of hydrogen-bond donors (Lipinski definition) is 0. The molecule has 0 atom stereocenters. The lowest BCUT2D eigenvalue weighted by Gasteiger charge is -2.05. The summed E-state index contributed by atoms with van der Waals surface area (Å²) in [6.45, 7) is 0. The van der Waals surface area contributed by atoms with Gasteiger partial charge in [0.15, 0.2) is 24.8 Å². The maximum Gasteiger partial charge on any atom is 0.169 e. The van der Waals surface area contributed by atoms with Crippen LogP contribution < -0.4 is 9.13 Å². The molecule has 1 aromatic carbocycles. The SMILES string of the molecule is C[n+]1ccc(/C=C/c2cc(Br)c(/C=C/c3cc[n+](C)cc3)cc2Br)cc1. The minimum Gasteiger partial charge on any atom is -0.208 e. The van der Waals surface area contributed by atoms with Crippen molar-refractivity contribution < 1.29 is 9.13 Å². The number of rotatable bonds is 4. The number of nitrogens with zero attached hydrogens (tertiary/aromatic N) is 2. The van der Waals surface area contributed by atoms with Crippen molar-refractivity contribution in [2.45, 2.75) is 0 Å². The normalized spacial score (nSPS) is 11.5. The lowest BCUT2D eigenvalue weighted by molar-refractivity contribution is -0.671. The van der Waals surface area contributed by atoms with Gasteiger partial charge in [-0.15, -0.1) is 0 Å². The van der Waals surface area contributed by atoms with E-state index in [1.165, 1.54) is 11.1 Å². The van der Waals surface area contributed by atoms with Crippen LogP contribution in [0, 0.1) is 0 Å². The molecule has 2 nitrogen and oxygen atoms in total. The largest absolute Gasteiger partial charge is 0.208 e. The first-order valence-electron chi connectivity index (χ1n) is 8.27. The van der Waals surface area contributed by atoms with Gasteiger partial charge in [-0.2, -0.15) is 0 Å². The number of hydrogen-bond acceptors (Lipinski definition) is 0. The van der Waals surface area contributed by atoms with Gasteiger partial charge in [0.2, 0.25) is 0 Å². The van der Waals surface area contributed by atoms with Crippen LogP contribution in [0.4, 0.5) is 0 Å². The van der Waals surface area contributed by atoms with E-state index in [2.05, 4.69) is 92.6 Å². The molecule has 0 spiro atoms. The monoisotopic (exact) mass is 470 g/mol. The van der Waals surface area contributed by atoms with Crippen molar-refractivity contribution in [2.75, 3.05) is 0 Å². The second-order valence-corrected chi connectivity index (χ2v) is 7.86. The van der Waals surface area contributed by atoms with Crippen molar-refractivity contribution in [3.05, 3.63) is 92.4 Å². The van der Waals surface area contributed by atoms with Gasteiger partial charge in [0.25, 0.3) is 0 Å². The number of aromatic nitrogens is 2. The van der Waals surface area contributed by atoms with Crippen LogP contribution in [0.15, 0.2) is 70.1 Å². The topological polar surface area (TPSA) is 7.76 Å². The Labute approximate surface area is 171 Å². The molecule has 0 N–H and O–H groups in total. The van der Waals surface area contributed by atoms with Crippen LogP contribution in [-0.4, -0.2) is 0 Å². The zero-order valence-electron chi connectivity index (χ0n) is 14.7. The molecule has 0 aliphatic rings. The van der Waals surface area contributed by atoms with E-state index in [9.17, 15) is 0 Å². The summed E-state index contributed by atoms with van der Waals surface area (Å²) in [6, 6.07) is 12.6. The van der Waals surface area contributed by atoms with E-state index in [4.69, 9.17) is 0 Å². The molecule has 0 bridgehead atoms.